The lowest BCUT2D eigenvalue weighted by atomic mass is 10.1. The van der Waals surface area contributed by atoms with Gasteiger partial charge in [0.25, 0.3) is 5.91 Å². The highest BCUT2D eigenvalue weighted by molar-refractivity contribution is 9.10. The molecule has 2 aromatic carbocycles. The second kappa shape index (κ2) is 8.45. The van der Waals surface area contributed by atoms with Gasteiger partial charge in [-0.2, -0.15) is 5.10 Å². The number of ether oxygens (including phenoxy) is 1. The summed E-state index contributed by atoms with van der Waals surface area (Å²) >= 11 is 4.88. The zero-order valence-corrected chi connectivity index (χ0v) is 18.7. The Morgan fingerprint density at radius 2 is 2.13 bits per heavy atom. The van der Waals surface area contributed by atoms with E-state index >= 15 is 0 Å². The van der Waals surface area contributed by atoms with Gasteiger partial charge in [0.15, 0.2) is 6.61 Å². The Morgan fingerprint density at radius 1 is 1.30 bits per heavy atom. The zero-order valence-electron chi connectivity index (χ0n) is 16.3. The van der Waals surface area contributed by atoms with Gasteiger partial charge >= 0.3 is 0 Å². The number of hydrogen-bond donors (Lipinski definition) is 2. The number of aromatic hydroxyl groups is 1. The van der Waals surface area contributed by atoms with Gasteiger partial charge in [-0.3, -0.25) is 9.79 Å². The van der Waals surface area contributed by atoms with Crippen molar-refractivity contribution in [2.24, 2.45) is 10.1 Å². The van der Waals surface area contributed by atoms with Gasteiger partial charge in [0.1, 0.15) is 11.5 Å². The summed E-state index contributed by atoms with van der Waals surface area (Å²) < 4.78 is 8.02. The van der Waals surface area contributed by atoms with Crippen molar-refractivity contribution in [1.29, 1.82) is 0 Å². The van der Waals surface area contributed by atoms with E-state index in [-0.39, 0.29) is 24.3 Å². The molecule has 0 spiro atoms. The Balaban J connectivity index is 1.81. The fourth-order valence-corrected chi connectivity index (χ4v) is 4.26. The molecule has 2 heterocycles. The number of thiazole rings is 1. The van der Waals surface area contributed by atoms with E-state index in [0.29, 0.717) is 17.0 Å². The van der Waals surface area contributed by atoms with Crippen LogP contribution in [0.1, 0.15) is 19.4 Å². The Kier molecular flexibility index (Phi) is 5.74. The molecule has 1 aliphatic rings. The molecular formula is C21H19BrN4O3S. The number of nitrogens with one attached hydrogen (secondary N) is 1. The molecule has 154 valence electrons. The topological polar surface area (TPSA) is 88.2 Å². The monoisotopic (exact) mass is 486 g/mol. The summed E-state index contributed by atoms with van der Waals surface area (Å²) in [5.74, 6) is 0.585. The lowest BCUT2D eigenvalue weighted by Crippen LogP contribution is -2.25. The largest absolute Gasteiger partial charge is 0.507 e. The predicted octanol–water partition coefficient (Wildman–Crippen LogP) is 4.21. The standard InChI is InChI=1S/C21H19BrN4O3S/c1-12(2)24-21-26(23-9-14-7-15(22)4-5-18(14)27)17(11-30-21)13-3-6-19-16(8-13)25-20(28)10-29-19/h3-9,11-12,27H,10H2,1-2H3,(H,25,28). The number of amides is 1. The van der Waals surface area contributed by atoms with E-state index in [9.17, 15) is 9.90 Å². The van der Waals surface area contributed by atoms with Gasteiger partial charge in [-0.1, -0.05) is 15.9 Å². The number of anilines is 1. The third-order valence-corrected chi connectivity index (χ3v) is 5.59. The number of hydrogen-bond acceptors (Lipinski definition) is 6. The van der Waals surface area contributed by atoms with Crippen LogP contribution in [0.4, 0.5) is 5.69 Å². The SMILES string of the molecule is CC(C)N=c1scc(-c2ccc3c(c2)NC(=O)CO3)n1N=Cc1cc(Br)ccc1O. The molecule has 0 bridgehead atoms. The molecule has 30 heavy (non-hydrogen) atoms. The normalized spacial score (nSPS) is 14.1. The molecule has 1 aliphatic heterocycles. The maximum Gasteiger partial charge on any atom is 0.262 e. The van der Waals surface area contributed by atoms with E-state index in [0.717, 1.165) is 20.5 Å². The van der Waals surface area contributed by atoms with Crippen molar-refractivity contribution < 1.29 is 14.6 Å². The van der Waals surface area contributed by atoms with Crippen LogP contribution in [0.5, 0.6) is 11.5 Å². The van der Waals surface area contributed by atoms with Crippen LogP contribution < -0.4 is 14.9 Å². The van der Waals surface area contributed by atoms with Gasteiger partial charge in [-0.25, -0.2) is 4.68 Å². The molecule has 0 aliphatic carbocycles. The minimum absolute atomic E-state index is 0.0165. The van der Waals surface area contributed by atoms with Crippen molar-refractivity contribution in [2.75, 3.05) is 11.9 Å². The molecule has 3 aromatic rings. The van der Waals surface area contributed by atoms with E-state index in [2.05, 4.69) is 31.3 Å². The average Bonchev–Trinajstić information content (AvgIpc) is 3.09. The molecule has 0 saturated heterocycles. The molecule has 0 atom stereocenters. The second-order valence-corrected chi connectivity index (χ2v) is 8.69. The van der Waals surface area contributed by atoms with Crippen molar-refractivity contribution in [3.63, 3.8) is 0 Å². The summed E-state index contributed by atoms with van der Waals surface area (Å²) in [6.07, 6.45) is 1.60. The number of phenolic OH excluding ortho intramolecular Hbond substituents is 1. The Hall–Kier alpha value is -2.91. The lowest BCUT2D eigenvalue weighted by Gasteiger charge is -2.18. The van der Waals surface area contributed by atoms with E-state index in [1.54, 1.807) is 29.1 Å². The van der Waals surface area contributed by atoms with Gasteiger partial charge < -0.3 is 15.2 Å². The van der Waals surface area contributed by atoms with Crippen molar-refractivity contribution >= 4 is 45.1 Å². The highest BCUT2D eigenvalue weighted by atomic mass is 79.9. The van der Waals surface area contributed by atoms with Crippen LogP contribution in [0.3, 0.4) is 0 Å². The minimum Gasteiger partial charge on any atom is -0.507 e. The maximum absolute atomic E-state index is 11.7. The van der Waals surface area contributed by atoms with Crippen LogP contribution >= 0.6 is 27.3 Å². The summed E-state index contributed by atoms with van der Waals surface area (Å²) in [6, 6.07) is 10.9. The van der Waals surface area contributed by atoms with Gasteiger partial charge in [0, 0.05) is 27.0 Å². The van der Waals surface area contributed by atoms with Crippen molar-refractivity contribution in [3.05, 3.63) is 56.6 Å². The first-order valence-corrected chi connectivity index (χ1v) is 10.9. The summed E-state index contributed by atoms with van der Waals surface area (Å²) in [7, 11) is 0. The number of halogens is 1. The molecule has 9 heteroatoms. The van der Waals surface area contributed by atoms with Gasteiger partial charge in [-0.05, 0) is 50.2 Å². The molecule has 0 fully saturated rings. The van der Waals surface area contributed by atoms with Crippen LogP contribution in [0.25, 0.3) is 11.3 Å². The third-order valence-electron chi connectivity index (χ3n) is 4.26. The number of rotatable bonds is 4. The highest BCUT2D eigenvalue weighted by Gasteiger charge is 2.18. The number of carbonyl (C=O) groups is 1. The first-order valence-electron chi connectivity index (χ1n) is 9.25. The second-order valence-electron chi connectivity index (χ2n) is 6.93. The lowest BCUT2D eigenvalue weighted by molar-refractivity contribution is -0.118. The van der Waals surface area contributed by atoms with E-state index in [1.165, 1.54) is 11.3 Å². The van der Waals surface area contributed by atoms with Crippen molar-refractivity contribution in [2.45, 2.75) is 19.9 Å². The van der Waals surface area contributed by atoms with Gasteiger partial charge in [0.05, 0.1) is 17.6 Å². The van der Waals surface area contributed by atoms with E-state index in [1.807, 2.05) is 37.4 Å². The van der Waals surface area contributed by atoms with Crippen molar-refractivity contribution in [1.82, 2.24) is 4.68 Å². The van der Waals surface area contributed by atoms with Crippen molar-refractivity contribution in [3.8, 4) is 22.8 Å². The molecule has 2 N–H and O–H groups in total. The number of carbonyl (C=O) groups excluding carboxylic acids is 1. The smallest absolute Gasteiger partial charge is 0.262 e. The first-order chi connectivity index (χ1) is 14.4. The molecule has 1 aromatic heterocycles. The Bertz CT molecular complexity index is 1210. The average molecular weight is 487 g/mol. The molecule has 0 unspecified atom stereocenters. The van der Waals surface area contributed by atoms with Crippen LogP contribution in [0.2, 0.25) is 0 Å². The molecule has 0 saturated carbocycles. The molecular weight excluding hydrogens is 468 g/mol. The van der Waals surface area contributed by atoms with Gasteiger partial charge in [-0.15, -0.1) is 11.3 Å². The molecule has 0 radical (unpaired) electrons. The summed E-state index contributed by atoms with van der Waals surface area (Å²) in [6.45, 7) is 4.02. The van der Waals surface area contributed by atoms with Crippen LogP contribution in [-0.2, 0) is 4.79 Å². The number of phenols is 1. The molecule has 4 rings (SSSR count). The molecule has 1 amide bonds. The number of benzene rings is 2. The summed E-state index contributed by atoms with van der Waals surface area (Å²) in [4.78, 5) is 17.1. The summed E-state index contributed by atoms with van der Waals surface area (Å²) in [5, 5.41) is 19.5. The number of nitrogens with zero attached hydrogens (tertiary/aromatic N) is 3. The number of aromatic nitrogens is 1. The Labute approximate surface area is 185 Å². The van der Waals surface area contributed by atoms with Crippen LogP contribution in [0.15, 0.2) is 56.3 Å². The fraction of sp³-hybridized carbons (Fsp3) is 0.190. The Morgan fingerprint density at radius 3 is 2.93 bits per heavy atom. The fourth-order valence-electron chi connectivity index (χ4n) is 2.91. The number of fused-ring (bicyclic) bond motifs is 1. The highest BCUT2D eigenvalue weighted by Crippen LogP contribution is 2.33. The quantitative estimate of drug-likeness (QED) is 0.541. The van der Waals surface area contributed by atoms with Gasteiger partial charge in [0.2, 0.25) is 4.80 Å². The maximum atomic E-state index is 11.7. The third kappa shape index (κ3) is 4.31. The van der Waals surface area contributed by atoms with Crippen LogP contribution in [0, 0.1) is 0 Å². The van der Waals surface area contributed by atoms with E-state index < -0.39 is 0 Å². The van der Waals surface area contributed by atoms with E-state index in [4.69, 9.17) is 4.74 Å². The zero-order chi connectivity index (χ0) is 21.3. The molecule has 7 nitrogen and oxygen atoms in total. The summed E-state index contributed by atoms with van der Waals surface area (Å²) in [5.41, 5.74) is 2.87. The van der Waals surface area contributed by atoms with Crippen LogP contribution in [-0.4, -0.2) is 34.6 Å². The minimum atomic E-state index is -0.184. The predicted molar refractivity (Wildman–Crippen MR) is 121 cm³/mol. The first kappa shape index (κ1) is 20.4.